The van der Waals surface area contributed by atoms with Crippen LogP contribution in [0.1, 0.15) is 0 Å². The van der Waals surface area contributed by atoms with E-state index in [0.717, 1.165) is 11.3 Å². The minimum Gasteiger partial charge on any atom is -0.340 e. The molecule has 0 radical (unpaired) electrons. The van der Waals surface area contributed by atoms with Crippen molar-refractivity contribution >= 4 is 28.9 Å². The Hall–Kier alpha value is -2.99. The number of nitrogens with zero attached hydrogens (tertiary/aromatic N) is 4. The lowest BCUT2D eigenvalue weighted by atomic mass is 10.1. The maximum absolute atomic E-state index is 13.3. The molecule has 0 atom stereocenters. The third kappa shape index (κ3) is 2.68. The number of anilines is 2. The molecule has 0 unspecified atom stereocenters. The summed E-state index contributed by atoms with van der Waals surface area (Å²) in [4.78, 5) is 8.66. The van der Waals surface area contributed by atoms with Gasteiger partial charge in [0.15, 0.2) is 0 Å². The molecule has 4 aromatic rings. The van der Waals surface area contributed by atoms with E-state index in [2.05, 4.69) is 20.4 Å². The van der Waals surface area contributed by atoms with Crippen LogP contribution in [0.3, 0.4) is 0 Å². The number of nitrogens with one attached hydrogen (secondary N) is 1. The topological polar surface area (TPSA) is 55.1 Å². The summed E-state index contributed by atoms with van der Waals surface area (Å²) in [5.41, 5.74) is 2.36. The van der Waals surface area contributed by atoms with E-state index in [1.165, 1.54) is 18.5 Å². The maximum atomic E-state index is 13.3. The number of halogens is 2. The predicted octanol–water partition coefficient (Wildman–Crippen LogP) is 4.33. The first-order valence-corrected chi connectivity index (χ1v) is 7.57. The van der Waals surface area contributed by atoms with Crippen molar-refractivity contribution in [3.63, 3.8) is 0 Å². The Morgan fingerprint density at radius 1 is 1.04 bits per heavy atom. The standard InChI is InChI=1S/C17H11ClFN5/c18-13-8-12(6-7-14(13)19)22-16-9-15(11-4-2-1-3-5-11)23-17-20-10-21-24(16)17/h1-10,22H. The van der Waals surface area contributed by atoms with Gasteiger partial charge in [0.05, 0.1) is 10.7 Å². The molecule has 1 N–H and O–H groups in total. The van der Waals surface area contributed by atoms with E-state index < -0.39 is 5.82 Å². The Kier molecular flexibility index (Phi) is 3.59. The molecule has 118 valence electrons. The molecule has 0 bridgehead atoms. The Morgan fingerprint density at radius 3 is 2.67 bits per heavy atom. The minimum absolute atomic E-state index is 0.0483. The molecular formula is C17H11ClFN5. The van der Waals surface area contributed by atoms with Crippen LogP contribution >= 0.6 is 11.6 Å². The monoisotopic (exact) mass is 339 g/mol. The van der Waals surface area contributed by atoms with Crippen molar-refractivity contribution in [2.45, 2.75) is 0 Å². The summed E-state index contributed by atoms with van der Waals surface area (Å²) in [6.07, 6.45) is 1.43. The molecule has 4 rings (SSSR count). The highest BCUT2D eigenvalue weighted by Crippen LogP contribution is 2.26. The van der Waals surface area contributed by atoms with E-state index in [4.69, 9.17) is 11.6 Å². The van der Waals surface area contributed by atoms with Crippen LogP contribution in [0.15, 0.2) is 60.9 Å². The van der Waals surface area contributed by atoms with Gasteiger partial charge in [0.25, 0.3) is 5.78 Å². The molecule has 0 aliphatic heterocycles. The molecule has 7 heteroatoms. The average Bonchev–Trinajstić information content (AvgIpc) is 3.08. The molecule has 0 fully saturated rings. The van der Waals surface area contributed by atoms with Gasteiger partial charge in [-0.1, -0.05) is 41.9 Å². The van der Waals surface area contributed by atoms with Gasteiger partial charge >= 0.3 is 0 Å². The molecule has 0 aliphatic carbocycles. The van der Waals surface area contributed by atoms with Crippen molar-refractivity contribution in [2.24, 2.45) is 0 Å². The van der Waals surface area contributed by atoms with Gasteiger partial charge in [0, 0.05) is 17.3 Å². The molecular weight excluding hydrogens is 329 g/mol. The maximum Gasteiger partial charge on any atom is 0.254 e. The third-order valence-corrected chi connectivity index (χ3v) is 3.80. The van der Waals surface area contributed by atoms with Crippen molar-refractivity contribution < 1.29 is 4.39 Å². The summed E-state index contributed by atoms with van der Waals surface area (Å²) in [6.45, 7) is 0. The molecule has 0 saturated carbocycles. The lowest BCUT2D eigenvalue weighted by Gasteiger charge is -2.10. The third-order valence-electron chi connectivity index (χ3n) is 3.51. The summed E-state index contributed by atoms with van der Waals surface area (Å²) in [5, 5.41) is 7.39. The van der Waals surface area contributed by atoms with E-state index in [9.17, 15) is 4.39 Å². The summed E-state index contributed by atoms with van der Waals surface area (Å²) < 4.78 is 14.9. The Morgan fingerprint density at radius 2 is 1.88 bits per heavy atom. The minimum atomic E-state index is -0.465. The SMILES string of the molecule is Fc1ccc(Nc2cc(-c3ccccc3)nc3ncnn23)cc1Cl. The van der Waals surface area contributed by atoms with Crippen LogP contribution in [0.4, 0.5) is 15.9 Å². The highest BCUT2D eigenvalue weighted by molar-refractivity contribution is 6.31. The molecule has 0 aliphatic rings. The number of hydrogen-bond acceptors (Lipinski definition) is 4. The van der Waals surface area contributed by atoms with Crippen molar-refractivity contribution in [3.8, 4) is 11.3 Å². The van der Waals surface area contributed by atoms with Crippen LogP contribution in [-0.2, 0) is 0 Å². The lowest BCUT2D eigenvalue weighted by molar-refractivity contribution is 0.628. The second kappa shape index (κ2) is 5.90. The Bertz CT molecular complexity index is 1020. The summed E-state index contributed by atoms with van der Waals surface area (Å²) >= 11 is 5.84. The van der Waals surface area contributed by atoms with Crippen molar-refractivity contribution in [1.82, 2.24) is 19.6 Å². The second-order valence-electron chi connectivity index (χ2n) is 5.12. The van der Waals surface area contributed by atoms with Gasteiger partial charge in [-0.3, -0.25) is 0 Å². The lowest BCUT2D eigenvalue weighted by Crippen LogP contribution is -2.03. The molecule has 0 amide bonds. The molecule has 2 aromatic carbocycles. The van der Waals surface area contributed by atoms with E-state index in [0.29, 0.717) is 17.3 Å². The zero-order chi connectivity index (χ0) is 16.5. The quantitative estimate of drug-likeness (QED) is 0.603. The predicted molar refractivity (Wildman–Crippen MR) is 90.9 cm³/mol. The first kappa shape index (κ1) is 14.6. The number of aromatic nitrogens is 4. The van der Waals surface area contributed by atoms with E-state index in [-0.39, 0.29) is 5.02 Å². The second-order valence-corrected chi connectivity index (χ2v) is 5.53. The molecule has 0 spiro atoms. The number of hydrogen-bond donors (Lipinski definition) is 1. The number of rotatable bonds is 3. The smallest absolute Gasteiger partial charge is 0.254 e. The molecule has 2 heterocycles. The van der Waals surface area contributed by atoms with Gasteiger partial charge in [-0.05, 0) is 18.2 Å². The Balaban J connectivity index is 1.81. The van der Waals surface area contributed by atoms with E-state index in [1.54, 1.807) is 10.6 Å². The van der Waals surface area contributed by atoms with Gasteiger partial charge in [-0.15, -0.1) is 0 Å². The zero-order valence-electron chi connectivity index (χ0n) is 12.3. The van der Waals surface area contributed by atoms with Gasteiger partial charge in [-0.25, -0.2) is 9.37 Å². The first-order valence-electron chi connectivity index (χ1n) is 7.19. The van der Waals surface area contributed by atoms with E-state index in [1.807, 2.05) is 36.4 Å². The molecule has 0 saturated heterocycles. The van der Waals surface area contributed by atoms with Gasteiger partial charge < -0.3 is 5.32 Å². The summed E-state index contributed by atoms with van der Waals surface area (Å²) in [7, 11) is 0. The van der Waals surface area contributed by atoms with E-state index >= 15 is 0 Å². The number of fused-ring (bicyclic) bond motifs is 1. The van der Waals surface area contributed by atoms with Gasteiger partial charge in [0.2, 0.25) is 0 Å². The van der Waals surface area contributed by atoms with Gasteiger partial charge in [0.1, 0.15) is 18.0 Å². The van der Waals surface area contributed by atoms with Gasteiger partial charge in [-0.2, -0.15) is 14.6 Å². The van der Waals surface area contributed by atoms with Crippen molar-refractivity contribution in [3.05, 3.63) is 71.8 Å². The average molecular weight is 340 g/mol. The van der Waals surface area contributed by atoms with Crippen LogP contribution in [0.25, 0.3) is 17.0 Å². The van der Waals surface area contributed by atoms with Crippen LogP contribution in [0.2, 0.25) is 5.02 Å². The molecule has 24 heavy (non-hydrogen) atoms. The molecule has 2 aromatic heterocycles. The molecule has 5 nitrogen and oxygen atoms in total. The summed E-state index contributed by atoms with van der Waals surface area (Å²) in [5.74, 6) is 0.652. The fraction of sp³-hybridized carbons (Fsp3) is 0. The first-order chi connectivity index (χ1) is 11.7. The summed E-state index contributed by atoms with van der Waals surface area (Å²) in [6, 6.07) is 16.0. The fourth-order valence-electron chi connectivity index (χ4n) is 2.38. The van der Waals surface area contributed by atoms with Crippen molar-refractivity contribution in [1.29, 1.82) is 0 Å². The highest BCUT2D eigenvalue weighted by Gasteiger charge is 2.10. The fourth-order valence-corrected chi connectivity index (χ4v) is 2.56. The van der Waals surface area contributed by atoms with Crippen LogP contribution < -0.4 is 5.32 Å². The largest absolute Gasteiger partial charge is 0.340 e. The van der Waals surface area contributed by atoms with Crippen LogP contribution in [-0.4, -0.2) is 19.6 Å². The van der Waals surface area contributed by atoms with Crippen LogP contribution in [0, 0.1) is 5.82 Å². The number of benzene rings is 2. The van der Waals surface area contributed by atoms with Crippen LogP contribution in [0.5, 0.6) is 0 Å². The zero-order valence-corrected chi connectivity index (χ0v) is 13.1. The van der Waals surface area contributed by atoms with Crippen molar-refractivity contribution in [2.75, 3.05) is 5.32 Å². The Labute approximate surface area is 141 Å². The highest BCUT2D eigenvalue weighted by atomic mass is 35.5. The normalized spacial score (nSPS) is 10.9.